The van der Waals surface area contributed by atoms with E-state index >= 15 is 0 Å². The molecule has 174 valence electrons. The second-order valence-electron chi connectivity index (χ2n) is 7.26. The molecule has 0 fully saturated rings. The first-order valence-electron chi connectivity index (χ1n) is 10.5. The topological polar surface area (TPSA) is 65.7 Å². The molecular weight excluding hydrogens is 618 g/mol. The summed E-state index contributed by atoms with van der Waals surface area (Å²) in [4.78, 5) is 18.1. The summed E-state index contributed by atoms with van der Waals surface area (Å²) in [6, 6.07) is 7.30. The van der Waals surface area contributed by atoms with Gasteiger partial charge in [-0.2, -0.15) is 9.78 Å². The molecule has 6 nitrogen and oxygen atoms in total. The molecule has 9 heteroatoms. The number of benzene rings is 2. The first-order valence-corrected chi connectivity index (χ1v) is 12.8. The molecule has 0 aliphatic rings. The van der Waals surface area contributed by atoms with Gasteiger partial charge in [-0.25, -0.2) is 4.98 Å². The minimum atomic E-state index is -0.223. The number of hydrogen-bond donors (Lipinski definition) is 0. The SMILES string of the molecule is C=CCOc1c(OCC)cc(C=Nn2c([C@H](C)CC)nc3ccc(Br)cc3c2=O)c(Br)c1Br. The van der Waals surface area contributed by atoms with Gasteiger partial charge in [0.25, 0.3) is 5.56 Å². The Morgan fingerprint density at radius 3 is 2.61 bits per heavy atom. The van der Waals surface area contributed by atoms with Crippen molar-refractivity contribution in [3.8, 4) is 11.5 Å². The Balaban J connectivity index is 2.18. The molecule has 0 spiro atoms. The fourth-order valence-corrected chi connectivity index (χ4v) is 4.43. The van der Waals surface area contributed by atoms with Gasteiger partial charge in [-0.1, -0.05) is 42.4 Å². The molecule has 0 unspecified atom stereocenters. The van der Waals surface area contributed by atoms with E-state index in [9.17, 15) is 4.79 Å². The van der Waals surface area contributed by atoms with Crippen molar-refractivity contribution in [2.45, 2.75) is 33.1 Å². The van der Waals surface area contributed by atoms with Crippen LogP contribution in [0.5, 0.6) is 11.5 Å². The van der Waals surface area contributed by atoms with Crippen LogP contribution in [0.3, 0.4) is 0 Å². The van der Waals surface area contributed by atoms with Crippen LogP contribution in [0.15, 0.2) is 60.2 Å². The third-order valence-corrected chi connectivity index (χ3v) is 7.64. The van der Waals surface area contributed by atoms with Crippen molar-refractivity contribution >= 4 is 64.9 Å². The van der Waals surface area contributed by atoms with Crippen LogP contribution in [-0.4, -0.2) is 29.1 Å². The number of aromatic nitrogens is 2. The molecule has 1 heterocycles. The summed E-state index contributed by atoms with van der Waals surface area (Å²) < 4.78 is 15.2. The van der Waals surface area contributed by atoms with Crippen LogP contribution in [0.1, 0.15) is 44.5 Å². The predicted molar refractivity (Wildman–Crippen MR) is 144 cm³/mol. The number of fused-ring (bicyclic) bond motifs is 1. The molecule has 0 aliphatic carbocycles. The molecule has 3 rings (SSSR count). The van der Waals surface area contributed by atoms with Crippen LogP contribution < -0.4 is 15.0 Å². The maximum Gasteiger partial charge on any atom is 0.282 e. The number of ether oxygens (including phenoxy) is 2. The van der Waals surface area contributed by atoms with Gasteiger partial charge in [-0.05, 0) is 69.5 Å². The molecule has 0 amide bonds. The quantitative estimate of drug-likeness (QED) is 0.186. The second-order valence-corrected chi connectivity index (χ2v) is 9.76. The third kappa shape index (κ3) is 5.58. The van der Waals surface area contributed by atoms with E-state index in [2.05, 4.69) is 66.4 Å². The molecule has 0 saturated carbocycles. The second kappa shape index (κ2) is 11.4. The molecule has 1 atom stereocenters. The number of halogens is 3. The van der Waals surface area contributed by atoms with Gasteiger partial charge in [0, 0.05) is 20.4 Å². The zero-order valence-electron chi connectivity index (χ0n) is 18.6. The Bertz CT molecular complexity index is 1270. The smallest absolute Gasteiger partial charge is 0.282 e. The lowest BCUT2D eigenvalue weighted by molar-refractivity contribution is 0.295. The summed E-state index contributed by atoms with van der Waals surface area (Å²) in [5, 5.41) is 5.06. The highest BCUT2D eigenvalue weighted by Crippen LogP contribution is 2.42. The van der Waals surface area contributed by atoms with Gasteiger partial charge in [-0.3, -0.25) is 4.79 Å². The summed E-state index contributed by atoms with van der Waals surface area (Å²) in [6.45, 7) is 10.5. The van der Waals surface area contributed by atoms with Crippen LogP contribution in [0.2, 0.25) is 0 Å². The zero-order valence-corrected chi connectivity index (χ0v) is 23.3. The van der Waals surface area contributed by atoms with Crippen molar-refractivity contribution in [2.75, 3.05) is 13.2 Å². The Morgan fingerprint density at radius 1 is 1.18 bits per heavy atom. The van der Waals surface area contributed by atoms with E-state index < -0.39 is 0 Å². The van der Waals surface area contributed by atoms with Gasteiger partial charge in [0.1, 0.15) is 12.4 Å². The summed E-state index contributed by atoms with van der Waals surface area (Å²) in [7, 11) is 0. The first-order chi connectivity index (χ1) is 15.8. The summed E-state index contributed by atoms with van der Waals surface area (Å²) >= 11 is 10.6. The summed E-state index contributed by atoms with van der Waals surface area (Å²) in [6.07, 6.45) is 4.11. The maximum absolute atomic E-state index is 13.4. The molecule has 0 saturated heterocycles. The molecule has 1 aromatic heterocycles. The average Bonchev–Trinajstić information content (AvgIpc) is 2.81. The average molecular weight is 642 g/mol. The van der Waals surface area contributed by atoms with Crippen LogP contribution in [0.25, 0.3) is 10.9 Å². The van der Waals surface area contributed by atoms with Gasteiger partial charge in [0.15, 0.2) is 11.5 Å². The van der Waals surface area contributed by atoms with Crippen molar-refractivity contribution in [1.29, 1.82) is 0 Å². The zero-order chi connectivity index (χ0) is 24.1. The van der Waals surface area contributed by atoms with E-state index in [-0.39, 0.29) is 11.5 Å². The highest BCUT2D eigenvalue weighted by molar-refractivity contribution is 9.13. The van der Waals surface area contributed by atoms with Gasteiger partial charge < -0.3 is 9.47 Å². The molecule has 3 aromatic rings. The Labute approximate surface area is 218 Å². The number of rotatable bonds is 9. The number of nitrogens with zero attached hydrogens (tertiary/aromatic N) is 3. The van der Waals surface area contributed by atoms with E-state index in [1.807, 2.05) is 32.0 Å². The minimum Gasteiger partial charge on any atom is -0.490 e. The van der Waals surface area contributed by atoms with Crippen molar-refractivity contribution < 1.29 is 9.47 Å². The molecule has 2 aromatic carbocycles. The normalized spacial score (nSPS) is 12.3. The van der Waals surface area contributed by atoms with E-state index in [4.69, 9.17) is 14.5 Å². The maximum atomic E-state index is 13.4. The molecule has 33 heavy (non-hydrogen) atoms. The summed E-state index contributed by atoms with van der Waals surface area (Å²) in [5.74, 6) is 1.79. The van der Waals surface area contributed by atoms with Gasteiger partial charge in [-0.15, -0.1) is 0 Å². The Hall–Kier alpha value is -1.97. The van der Waals surface area contributed by atoms with Crippen molar-refractivity contribution in [3.05, 3.63) is 72.1 Å². The lowest BCUT2D eigenvalue weighted by atomic mass is 10.1. The van der Waals surface area contributed by atoms with Gasteiger partial charge >= 0.3 is 0 Å². The Morgan fingerprint density at radius 2 is 1.94 bits per heavy atom. The van der Waals surface area contributed by atoms with E-state index in [0.29, 0.717) is 51.5 Å². The molecule has 0 aliphatic heterocycles. The van der Waals surface area contributed by atoms with Crippen LogP contribution in [0.4, 0.5) is 0 Å². The van der Waals surface area contributed by atoms with Gasteiger partial charge in [0.2, 0.25) is 0 Å². The monoisotopic (exact) mass is 639 g/mol. The highest BCUT2D eigenvalue weighted by atomic mass is 79.9. The predicted octanol–water partition coefficient (Wildman–Crippen LogP) is 7.04. The first kappa shape index (κ1) is 25.6. The summed E-state index contributed by atoms with van der Waals surface area (Å²) in [5.41, 5.74) is 1.14. The van der Waals surface area contributed by atoms with Crippen LogP contribution >= 0.6 is 47.8 Å². The van der Waals surface area contributed by atoms with E-state index in [0.717, 1.165) is 15.4 Å². The largest absolute Gasteiger partial charge is 0.490 e. The Kier molecular flexibility index (Phi) is 8.89. The molecular formula is C24H24Br3N3O3. The third-order valence-electron chi connectivity index (χ3n) is 5.00. The van der Waals surface area contributed by atoms with Crippen LogP contribution in [-0.2, 0) is 0 Å². The van der Waals surface area contributed by atoms with Crippen molar-refractivity contribution in [2.24, 2.45) is 5.10 Å². The van der Waals surface area contributed by atoms with Crippen molar-refractivity contribution in [1.82, 2.24) is 9.66 Å². The fourth-order valence-electron chi connectivity index (χ4n) is 3.14. The fraction of sp³-hybridized carbons (Fsp3) is 0.292. The van der Waals surface area contributed by atoms with Crippen LogP contribution in [0, 0.1) is 0 Å². The lowest BCUT2D eigenvalue weighted by Gasteiger charge is -2.16. The van der Waals surface area contributed by atoms with Crippen molar-refractivity contribution in [3.63, 3.8) is 0 Å². The van der Waals surface area contributed by atoms with E-state index in [1.165, 1.54) is 4.68 Å². The molecule has 0 radical (unpaired) electrons. The van der Waals surface area contributed by atoms with Gasteiger partial charge in [0.05, 0.1) is 28.2 Å². The molecule has 0 N–H and O–H groups in total. The highest BCUT2D eigenvalue weighted by Gasteiger charge is 2.18. The van der Waals surface area contributed by atoms with E-state index in [1.54, 1.807) is 18.4 Å². The lowest BCUT2D eigenvalue weighted by Crippen LogP contribution is -2.23. The molecule has 0 bridgehead atoms. The number of hydrogen-bond acceptors (Lipinski definition) is 5. The standard InChI is InChI=1S/C24H24Br3N3O3/c1-5-10-33-22-19(32-7-3)11-15(20(26)21(22)27)13-28-30-23(14(4)6-2)29-18-9-8-16(25)12-17(18)24(30)31/h5,8-9,11-14H,1,6-7,10H2,2-4H3/t14-/m1/s1. The minimum absolute atomic E-state index is 0.0479.